The highest BCUT2D eigenvalue weighted by atomic mass is 16.5. The molecule has 1 aromatic heterocycles. The van der Waals surface area contributed by atoms with Crippen molar-refractivity contribution in [3.8, 4) is 5.75 Å². The molecule has 96 valence electrons. The summed E-state index contributed by atoms with van der Waals surface area (Å²) in [5.41, 5.74) is 3.10. The zero-order chi connectivity index (χ0) is 13.1. The van der Waals surface area contributed by atoms with Crippen LogP contribution in [0.25, 0.3) is 11.0 Å². The number of ether oxygens (including phenoxy) is 1. The van der Waals surface area contributed by atoms with E-state index in [4.69, 9.17) is 4.74 Å². The molecule has 3 nitrogen and oxygen atoms in total. The molecule has 0 bridgehead atoms. The third kappa shape index (κ3) is 2.45. The standard InChI is InChI=1S/C16H16N2O/c1-2-15-17-13-9-6-10-14(16(13)18-15)19-11-12-7-4-3-5-8-12/h3-10H,2,11H2,1H3,(H,17,18). The van der Waals surface area contributed by atoms with Gasteiger partial charge in [0.2, 0.25) is 0 Å². The number of imidazole rings is 1. The van der Waals surface area contributed by atoms with Gasteiger partial charge in [-0.15, -0.1) is 0 Å². The first-order chi connectivity index (χ1) is 9.36. The summed E-state index contributed by atoms with van der Waals surface area (Å²) in [4.78, 5) is 7.83. The Morgan fingerprint density at radius 3 is 2.68 bits per heavy atom. The molecule has 0 amide bonds. The molecule has 1 heterocycles. The summed E-state index contributed by atoms with van der Waals surface area (Å²) in [6, 6.07) is 16.1. The summed E-state index contributed by atoms with van der Waals surface area (Å²) in [5, 5.41) is 0. The van der Waals surface area contributed by atoms with Gasteiger partial charge in [0.05, 0.1) is 5.52 Å². The van der Waals surface area contributed by atoms with Crippen molar-refractivity contribution in [2.75, 3.05) is 0 Å². The van der Waals surface area contributed by atoms with E-state index >= 15 is 0 Å². The van der Waals surface area contributed by atoms with Crippen LogP contribution in [0.15, 0.2) is 48.5 Å². The van der Waals surface area contributed by atoms with Crippen LogP contribution in [-0.2, 0) is 13.0 Å². The lowest BCUT2D eigenvalue weighted by atomic mass is 10.2. The summed E-state index contributed by atoms with van der Waals surface area (Å²) in [7, 11) is 0. The van der Waals surface area contributed by atoms with E-state index in [9.17, 15) is 0 Å². The van der Waals surface area contributed by atoms with Gasteiger partial charge < -0.3 is 9.72 Å². The number of hydrogen-bond donors (Lipinski definition) is 1. The first-order valence-electron chi connectivity index (χ1n) is 6.51. The van der Waals surface area contributed by atoms with Crippen molar-refractivity contribution in [2.45, 2.75) is 20.0 Å². The van der Waals surface area contributed by atoms with Crippen LogP contribution in [0.2, 0.25) is 0 Å². The predicted molar refractivity (Wildman–Crippen MR) is 76.2 cm³/mol. The minimum absolute atomic E-state index is 0.570. The zero-order valence-electron chi connectivity index (χ0n) is 10.9. The van der Waals surface area contributed by atoms with Gasteiger partial charge in [0.25, 0.3) is 0 Å². The van der Waals surface area contributed by atoms with E-state index in [0.29, 0.717) is 6.61 Å². The Morgan fingerprint density at radius 2 is 1.89 bits per heavy atom. The van der Waals surface area contributed by atoms with Crippen LogP contribution >= 0.6 is 0 Å². The first kappa shape index (κ1) is 11.8. The van der Waals surface area contributed by atoms with Crippen LogP contribution in [0.1, 0.15) is 18.3 Å². The number of nitrogens with zero attached hydrogens (tertiary/aromatic N) is 1. The van der Waals surface area contributed by atoms with E-state index in [1.807, 2.05) is 36.4 Å². The van der Waals surface area contributed by atoms with Gasteiger partial charge in [0.15, 0.2) is 0 Å². The number of aryl methyl sites for hydroxylation is 1. The van der Waals surface area contributed by atoms with Gasteiger partial charge in [-0.05, 0) is 17.7 Å². The minimum atomic E-state index is 0.570. The largest absolute Gasteiger partial charge is 0.487 e. The highest BCUT2D eigenvalue weighted by molar-refractivity contribution is 5.81. The number of para-hydroxylation sites is 1. The molecule has 0 atom stereocenters. The topological polar surface area (TPSA) is 37.9 Å². The minimum Gasteiger partial charge on any atom is -0.487 e. The Bertz CT molecular complexity index is 674. The van der Waals surface area contributed by atoms with Crippen molar-refractivity contribution < 1.29 is 4.74 Å². The van der Waals surface area contributed by atoms with Gasteiger partial charge in [-0.25, -0.2) is 4.98 Å². The van der Waals surface area contributed by atoms with E-state index in [1.54, 1.807) is 0 Å². The number of fused-ring (bicyclic) bond motifs is 1. The summed E-state index contributed by atoms with van der Waals surface area (Å²) < 4.78 is 5.89. The Morgan fingerprint density at radius 1 is 1.05 bits per heavy atom. The second-order valence-electron chi connectivity index (χ2n) is 4.46. The van der Waals surface area contributed by atoms with Gasteiger partial charge in [-0.1, -0.05) is 43.3 Å². The summed E-state index contributed by atoms with van der Waals surface area (Å²) in [6.45, 7) is 2.66. The number of nitrogens with one attached hydrogen (secondary N) is 1. The number of aromatic amines is 1. The lowest BCUT2D eigenvalue weighted by Gasteiger charge is -2.06. The summed E-state index contributed by atoms with van der Waals surface area (Å²) in [5.74, 6) is 1.85. The van der Waals surface area contributed by atoms with E-state index < -0.39 is 0 Å². The molecule has 2 aromatic carbocycles. The number of H-pyrrole nitrogens is 1. The van der Waals surface area contributed by atoms with E-state index in [1.165, 1.54) is 0 Å². The van der Waals surface area contributed by atoms with Crippen LogP contribution in [0, 0.1) is 0 Å². The van der Waals surface area contributed by atoms with Gasteiger partial charge in [0.1, 0.15) is 23.7 Å². The number of benzene rings is 2. The third-order valence-electron chi connectivity index (χ3n) is 3.10. The Balaban J connectivity index is 1.86. The lowest BCUT2D eigenvalue weighted by Crippen LogP contribution is -1.95. The summed E-state index contributed by atoms with van der Waals surface area (Å²) in [6.07, 6.45) is 0.896. The molecule has 0 saturated heterocycles. The number of rotatable bonds is 4. The van der Waals surface area contributed by atoms with Crippen LogP contribution in [0.5, 0.6) is 5.75 Å². The highest BCUT2D eigenvalue weighted by Crippen LogP contribution is 2.24. The van der Waals surface area contributed by atoms with Crippen molar-refractivity contribution in [1.82, 2.24) is 9.97 Å². The van der Waals surface area contributed by atoms with Gasteiger partial charge in [-0.2, -0.15) is 0 Å². The molecule has 0 unspecified atom stereocenters. The normalized spacial score (nSPS) is 10.8. The van der Waals surface area contributed by atoms with Crippen molar-refractivity contribution in [2.24, 2.45) is 0 Å². The predicted octanol–water partition coefficient (Wildman–Crippen LogP) is 3.70. The van der Waals surface area contributed by atoms with E-state index in [-0.39, 0.29) is 0 Å². The SMILES string of the molecule is CCc1nc2cccc(OCc3ccccc3)c2[nH]1. The molecule has 19 heavy (non-hydrogen) atoms. The van der Waals surface area contributed by atoms with Crippen LogP contribution in [-0.4, -0.2) is 9.97 Å². The van der Waals surface area contributed by atoms with Crippen molar-refractivity contribution in [3.05, 3.63) is 59.9 Å². The smallest absolute Gasteiger partial charge is 0.145 e. The quantitative estimate of drug-likeness (QED) is 0.768. The average molecular weight is 252 g/mol. The molecular formula is C16H16N2O. The summed E-state index contributed by atoms with van der Waals surface area (Å²) >= 11 is 0. The number of aromatic nitrogens is 2. The Kier molecular flexibility index (Phi) is 3.19. The van der Waals surface area contributed by atoms with Crippen LogP contribution in [0.3, 0.4) is 0 Å². The molecule has 0 spiro atoms. The van der Waals surface area contributed by atoms with Crippen molar-refractivity contribution in [3.63, 3.8) is 0 Å². The second-order valence-corrected chi connectivity index (χ2v) is 4.46. The molecule has 0 aliphatic rings. The molecule has 0 saturated carbocycles. The molecular weight excluding hydrogens is 236 g/mol. The van der Waals surface area contributed by atoms with Gasteiger partial charge >= 0.3 is 0 Å². The molecule has 0 aliphatic carbocycles. The zero-order valence-corrected chi connectivity index (χ0v) is 10.9. The molecule has 0 fully saturated rings. The van der Waals surface area contributed by atoms with Gasteiger partial charge in [0, 0.05) is 6.42 Å². The molecule has 0 radical (unpaired) electrons. The van der Waals surface area contributed by atoms with Crippen molar-refractivity contribution in [1.29, 1.82) is 0 Å². The second kappa shape index (κ2) is 5.14. The highest BCUT2D eigenvalue weighted by Gasteiger charge is 2.07. The number of hydrogen-bond acceptors (Lipinski definition) is 2. The van der Waals surface area contributed by atoms with Gasteiger partial charge in [-0.3, -0.25) is 0 Å². The Hall–Kier alpha value is -2.29. The Labute approximate surface area is 112 Å². The van der Waals surface area contributed by atoms with E-state index in [2.05, 4.69) is 29.0 Å². The van der Waals surface area contributed by atoms with E-state index in [0.717, 1.165) is 34.6 Å². The lowest BCUT2D eigenvalue weighted by molar-refractivity contribution is 0.309. The fraction of sp³-hybridized carbons (Fsp3) is 0.188. The molecule has 3 rings (SSSR count). The first-order valence-corrected chi connectivity index (χ1v) is 6.51. The molecule has 3 aromatic rings. The molecule has 3 heteroatoms. The average Bonchev–Trinajstić information content (AvgIpc) is 2.90. The molecule has 1 N–H and O–H groups in total. The van der Waals surface area contributed by atoms with Crippen LogP contribution in [0.4, 0.5) is 0 Å². The van der Waals surface area contributed by atoms with Crippen molar-refractivity contribution >= 4 is 11.0 Å². The molecule has 0 aliphatic heterocycles. The maximum Gasteiger partial charge on any atom is 0.145 e. The third-order valence-corrected chi connectivity index (χ3v) is 3.10. The fourth-order valence-corrected chi connectivity index (χ4v) is 2.08. The monoisotopic (exact) mass is 252 g/mol. The maximum absolute atomic E-state index is 5.89. The fourth-order valence-electron chi connectivity index (χ4n) is 2.08. The maximum atomic E-state index is 5.89. The van der Waals surface area contributed by atoms with Crippen LogP contribution < -0.4 is 4.74 Å².